The summed E-state index contributed by atoms with van der Waals surface area (Å²) in [5.41, 5.74) is -0.649. The number of nitrogens with zero attached hydrogens (tertiary/aromatic N) is 1. The zero-order valence-electron chi connectivity index (χ0n) is 14.0. The molecule has 1 aromatic rings. The molecule has 0 bridgehead atoms. The Labute approximate surface area is 149 Å². The van der Waals surface area contributed by atoms with Crippen LogP contribution in [0.5, 0.6) is 5.75 Å². The Hall–Kier alpha value is -2.29. The minimum Gasteiger partial charge on any atom is -0.474 e. The molecule has 0 aromatic carbocycles. The number of thioether (sulfide) groups is 1. The van der Waals surface area contributed by atoms with Crippen molar-refractivity contribution in [2.45, 2.75) is 44.5 Å². The van der Waals surface area contributed by atoms with Gasteiger partial charge >= 0.3 is 17.9 Å². The van der Waals surface area contributed by atoms with E-state index in [1.54, 1.807) is 18.3 Å². The van der Waals surface area contributed by atoms with Crippen LogP contribution >= 0.6 is 11.8 Å². The number of hydrogen-bond acceptors (Lipinski definition) is 9. The molecule has 9 heteroatoms. The highest BCUT2D eigenvalue weighted by Gasteiger charge is 2.47. The first-order valence-electron chi connectivity index (χ1n) is 7.56. The van der Waals surface area contributed by atoms with Crippen molar-refractivity contribution in [2.24, 2.45) is 0 Å². The van der Waals surface area contributed by atoms with Crippen molar-refractivity contribution in [1.82, 2.24) is 4.98 Å². The molecule has 0 amide bonds. The van der Waals surface area contributed by atoms with Gasteiger partial charge in [-0.15, -0.1) is 11.8 Å². The van der Waals surface area contributed by atoms with Crippen LogP contribution in [0, 0.1) is 0 Å². The van der Waals surface area contributed by atoms with Crippen molar-refractivity contribution in [2.75, 3.05) is 5.75 Å². The van der Waals surface area contributed by atoms with Crippen molar-refractivity contribution in [3.63, 3.8) is 0 Å². The second-order valence-electron chi connectivity index (χ2n) is 5.30. The minimum atomic E-state index is -0.965. The molecule has 0 unspecified atom stereocenters. The average molecular weight is 369 g/mol. The van der Waals surface area contributed by atoms with E-state index >= 15 is 0 Å². The molecule has 1 aromatic heterocycles. The van der Waals surface area contributed by atoms with Gasteiger partial charge in [0.1, 0.15) is 5.75 Å². The minimum absolute atomic E-state index is 0.320. The van der Waals surface area contributed by atoms with Gasteiger partial charge in [0, 0.05) is 32.7 Å². The third-order valence-electron chi connectivity index (χ3n) is 3.19. The largest absolute Gasteiger partial charge is 0.474 e. The van der Waals surface area contributed by atoms with Crippen LogP contribution in [0.1, 0.15) is 20.8 Å². The highest BCUT2D eigenvalue weighted by Crippen LogP contribution is 2.34. The number of hydrogen-bond donors (Lipinski definition) is 0. The Morgan fingerprint density at radius 1 is 1.04 bits per heavy atom. The Bertz CT molecular complexity index is 624. The van der Waals surface area contributed by atoms with Gasteiger partial charge in [0.15, 0.2) is 23.7 Å². The van der Waals surface area contributed by atoms with E-state index in [4.69, 9.17) is 18.9 Å². The Morgan fingerprint density at radius 2 is 1.68 bits per heavy atom. The molecule has 1 fully saturated rings. The van der Waals surface area contributed by atoms with Gasteiger partial charge in [0.05, 0.1) is 6.20 Å². The second kappa shape index (κ2) is 8.70. The van der Waals surface area contributed by atoms with Crippen LogP contribution in [-0.2, 0) is 28.6 Å². The van der Waals surface area contributed by atoms with Gasteiger partial charge in [0.25, 0.3) is 0 Å². The molecule has 0 saturated carbocycles. The topological polar surface area (TPSA) is 101 Å². The average Bonchev–Trinajstić information content (AvgIpc) is 2.52. The highest BCUT2D eigenvalue weighted by atomic mass is 32.2. The molecule has 2 heterocycles. The molecule has 25 heavy (non-hydrogen) atoms. The summed E-state index contributed by atoms with van der Waals surface area (Å²) in [6.07, 6.45) is 0.468. The van der Waals surface area contributed by atoms with Crippen LogP contribution in [0.3, 0.4) is 0 Å². The number of carbonyl (C=O) groups is 3. The van der Waals surface area contributed by atoms with Crippen LogP contribution in [-0.4, -0.2) is 52.4 Å². The Morgan fingerprint density at radius 3 is 2.24 bits per heavy atom. The number of ether oxygens (including phenoxy) is 4. The van der Waals surface area contributed by atoms with Crippen molar-refractivity contribution in [1.29, 1.82) is 0 Å². The molecule has 2 rings (SSSR count). The lowest BCUT2D eigenvalue weighted by molar-refractivity contribution is -0.186. The normalized spacial score (nSPS) is 25.6. The van der Waals surface area contributed by atoms with Gasteiger partial charge in [-0.3, -0.25) is 19.4 Å². The predicted molar refractivity (Wildman–Crippen MR) is 87.8 cm³/mol. The van der Waals surface area contributed by atoms with E-state index in [-0.39, 0.29) is 0 Å². The summed E-state index contributed by atoms with van der Waals surface area (Å²) in [7, 11) is 0. The monoisotopic (exact) mass is 369 g/mol. The number of aromatic nitrogens is 1. The molecular formula is C16H19NO7S. The lowest BCUT2D eigenvalue weighted by atomic mass is 10.1. The zero-order chi connectivity index (χ0) is 18.4. The molecule has 136 valence electrons. The maximum Gasteiger partial charge on any atom is 0.303 e. The van der Waals surface area contributed by atoms with E-state index < -0.39 is 41.7 Å². The summed E-state index contributed by atoms with van der Waals surface area (Å²) in [6, 6.07) is 3.41. The summed E-state index contributed by atoms with van der Waals surface area (Å²) in [5, 5.41) is 0. The number of pyridine rings is 1. The smallest absolute Gasteiger partial charge is 0.303 e. The fourth-order valence-corrected chi connectivity index (χ4v) is 3.58. The predicted octanol–water partition coefficient (Wildman–Crippen LogP) is 1.33. The van der Waals surface area contributed by atoms with Gasteiger partial charge < -0.3 is 18.9 Å². The number of carbonyl (C=O) groups excluding carboxylic acids is 3. The van der Waals surface area contributed by atoms with Crippen molar-refractivity contribution in [3.05, 3.63) is 24.5 Å². The molecular weight excluding hydrogens is 350 g/mol. The summed E-state index contributed by atoms with van der Waals surface area (Å²) in [5.74, 6) is -0.863. The van der Waals surface area contributed by atoms with Crippen molar-refractivity contribution < 1.29 is 33.3 Å². The maximum absolute atomic E-state index is 11.5. The molecule has 0 N–H and O–H groups in total. The van der Waals surface area contributed by atoms with E-state index in [1.165, 1.54) is 38.7 Å². The van der Waals surface area contributed by atoms with E-state index in [1.807, 2.05) is 0 Å². The van der Waals surface area contributed by atoms with Crippen molar-refractivity contribution in [3.8, 4) is 5.75 Å². The zero-order valence-corrected chi connectivity index (χ0v) is 14.9. The number of rotatable bonds is 5. The third-order valence-corrected chi connectivity index (χ3v) is 4.41. The quantitative estimate of drug-likeness (QED) is 0.562. The second-order valence-corrected chi connectivity index (χ2v) is 6.44. The van der Waals surface area contributed by atoms with Crippen LogP contribution in [0.15, 0.2) is 24.5 Å². The molecule has 8 nitrogen and oxygen atoms in total. The first kappa shape index (κ1) is 19.0. The first-order chi connectivity index (χ1) is 11.9. The SMILES string of the molecule is CC(=O)O[C@H]1[C@H](OC(C)=O)[C@@H](Oc2cccnc2)SC[C@@H]1OC(C)=O. The van der Waals surface area contributed by atoms with Crippen molar-refractivity contribution >= 4 is 29.7 Å². The Balaban J connectivity index is 2.25. The summed E-state index contributed by atoms with van der Waals surface area (Å²) in [4.78, 5) is 38.3. The molecule has 1 aliphatic heterocycles. The van der Waals surface area contributed by atoms with Gasteiger partial charge in [-0.1, -0.05) is 0 Å². The summed E-state index contributed by atoms with van der Waals surface area (Å²) in [6.45, 7) is 3.73. The lowest BCUT2D eigenvalue weighted by Crippen LogP contribution is -2.55. The van der Waals surface area contributed by atoms with Crippen LogP contribution in [0.2, 0.25) is 0 Å². The first-order valence-corrected chi connectivity index (χ1v) is 8.61. The van der Waals surface area contributed by atoms with Crippen LogP contribution in [0.4, 0.5) is 0 Å². The van der Waals surface area contributed by atoms with E-state index in [9.17, 15) is 14.4 Å². The van der Waals surface area contributed by atoms with E-state index in [0.717, 1.165) is 0 Å². The van der Waals surface area contributed by atoms with E-state index in [2.05, 4.69) is 4.98 Å². The molecule has 1 aliphatic rings. The molecule has 1 saturated heterocycles. The van der Waals surface area contributed by atoms with E-state index in [0.29, 0.717) is 11.5 Å². The fourth-order valence-electron chi connectivity index (χ4n) is 2.36. The van der Waals surface area contributed by atoms with Gasteiger partial charge in [-0.25, -0.2) is 0 Å². The van der Waals surface area contributed by atoms with Gasteiger partial charge in [-0.2, -0.15) is 0 Å². The maximum atomic E-state index is 11.5. The molecule has 0 aliphatic carbocycles. The Kier molecular flexibility index (Phi) is 6.63. The number of esters is 3. The van der Waals surface area contributed by atoms with Gasteiger partial charge in [-0.05, 0) is 12.1 Å². The summed E-state index contributed by atoms with van der Waals surface area (Å²) >= 11 is 1.29. The molecule has 0 radical (unpaired) electrons. The van der Waals surface area contributed by atoms with Gasteiger partial charge in [0.2, 0.25) is 0 Å². The van der Waals surface area contributed by atoms with Crippen LogP contribution < -0.4 is 4.74 Å². The highest BCUT2D eigenvalue weighted by molar-refractivity contribution is 7.99. The lowest BCUT2D eigenvalue weighted by Gasteiger charge is -2.39. The fraction of sp³-hybridized carbons (Fsp3) is 0.500. The summed E-state index contributed by atoms with van der Waals surface area (Å²) < 4.78 is 21.7. The molecule has 4 atom stereocenters. The van der Waals surface area contributed by atoms with Crippen LogP contribution in [0.25, 0.3) is 0 Å². The molecule has 0 spiro atoms. The third kappa shape index (κ3) is 5.63. The standard InChI is InChI=1S/C16H19NO7S/c1-9(18)21-13-8-25-16(24-12-5-4-6-17-7-12)15(23-11(3)20)14(13)22-10(2)19/h4-7,13-16H,8H2,1-3H3/t13-,14+,15-,16-/m0/s1.